The molecule has 1 atom stereocenters. The van der Waals surface area contributed by atoms with Gasteiger partial charge in [0.05, 0.1) is 19.9 Å². The molecule has 1 aromatic heterocycles. The lowest BCUT2D eigenvalue weighted by Crippen LogP contribution is -2.32. The van der Waals surface area contributed by atoms with Crippen molar-refractivity contribution >= 4 is 5.97 Å². The number of methoxy groups -OCH3 is 2. The van der Waals surface area contributed by atoms with Crippen molar-refractivity contribution in [1.29, 1.82) is 0 Å². The summed E-state index contributed by atoms with van der Waals surface area (Å²) in [5.41, 5.74) is 1.76. The van der Waals surface area contributed by atoms with Crippen LogP contribution in [-0.4, -0.2) is 43.1 Å². The number of rotatable bonds is 6. The lowest BCUT2D eigenvalue weighted by Gasteiger charge is -2.16. The van der Waals surface area contributed by atoms with Crippen LogP contribution in [0.2, 0.25) is 0 Å². The molecule has 1 N–H and O–H groups in total. The van der Waals surface area contributed by atoms with Crippen molar-refractivity contribution in [3.05, 3.63) is 17.5 Å². The highest BCUT2D eigenvalue weighted by Gasteiger charge is 2.24. The highest BCUT2D eigenvalue weighted by Crippen LogP contribution is 2.17. The maximum atomic E-state index is 11.7. The number of hydrogen-bond acceptors (Lipinski definition) is 5. The first-order valence-electron chi connectivity index (χ1n) is 5.40. The molecule has 0 aliphatic carbocycles. The van der Waals surface area contributed by atoms with Gasteiger partial charge in [-0.25, -0.2) is 4.79 Å². The fourth-order valence-corrected chi connectivity index (χ4v) is 1.54. The largest absolute Gasteiger partial charge is 0.468 e. The molecular formula is C11H19N3O3. The molecule has 1 rings (SSSR count). The van der Waals surface area contributed by atoms with E-state index in [9.17, 15) is 4.79 Å². The van der Waals surface area contributed by atoms with Crippen molar-refractivity contribution < 1.29 is 14.3 Å². The van der Waals surface area contributed by atoms with E-state index in [1.165, 1.54) is 7.11 Å². The predicted octanol–water partition coefficient (Wildman–Crippen LogP) is 0.179. The molecule has 0 spiro atoms. The lowest BCUT2D eigenvalue weighted by atomic mass is 10.1. The molecule has 1 unspecified atom stereocenters. The molecule has 17 heavy (non-hydrogen) atoms. The van der Waals surface area contributed by atoms with Crippen LogP contribution in [-0.2, 0) is 21.3 Å². The lowest BCUT2D eigenvalue weighted by molar-refractivity contribution is -0.143. The topological polar surface area (TPSA) is 65.4 Å². The Balaban J connectivity index is 2.82. The molecule has 0 saturated heterocycles. The van der Waals surface area contributed by atoms with Crippen LogP contribution >= 0.6 is 0 Å². The minimum absolute atomic E-state index is 0.322. The Hall–Kier alpha value is -1.40. The number of esters is 1. The van der Waals surface area contributed by atoms with Crippen molar-refractivity contribution in [3.8, 4) is 0 Å². The van der Waals surface area contributed by atoms with Gasteiger partial charge < -0.3 is 9.47 Å². The summed E-state index contributed by atoms with van der Waals surface area (Å²) in [7, 11) is 4.82. The summed E-state index contributed by atoms with van der Waals surface area (Å²) < 4.78 is 11.4. The minimum atomic E-state index is -0.496. The number of carbonyl (C=O) groups excluding carboxylic acids is 1. The van der Waals surface area contributed by atoms with E-state index in [2.05, 4.69) is 10.4 Å². The van der Waals surface area contributed by atoms with Crippen molar-refractivity contribution in [2.45, 2.75) is 13.0 Å². The van der Waals surface area contributed by atoms with E-state index in [1.807, 2.05) is 14.0 Å². The van der Waals surface area contributed by atoms with Crippen LogP contribution in [0.15, 0.2) is 6.20 Å². The zero-order chi connectivity index (χ0) is 12.8. The zero-order valence-electron chi connectivity index (χ0n) is 10.7. The van der Waals surface area contributed by atoms with Crippen LogP contribution in [0, 0.1) is 6.92 Å². The Morgan fingerprint density at radius 1 is 1.59 bits per heavy atom. The SMILES string of the molecule is COCCNC(C(=O)OC)c1cnn(C)c1C. The van der Waals surface area contributed by atoms with Gasteiger partial charge in [-0.15, -0.1) is 0 Å². The van der Waals surface area contributed by atoms with Crippen LogP contribution in [0.4, 0.5) is 0 Å². The molecule has 0 bridgehead atoms. The van der Waals surface area contributed by atoms with Crippen LogP contribution in [0.25, 0.3) is 0 Å². The Morgan fingerprint density at radius 2 is 2.29 bits per heavy atom. The number of ether oxygens (including phenoxy) is 2. The number of nitrogens with zero attached hydrogens (tertiary/aromatic N) is 2. The molecule has 1 heterocycles. The third-order valence-corrected chi connectivity index (χ3v) is 2.68. The molecule has 0 aliphatic heterocycles. The summed E-state index contributed by atoms with van der Waals surface area (Å²) in [6, 6.07) is -0.496. The fraction of sp³-hybridized carbons (Fsp3) is 0.636. The van der Waals surface area contributed by atoms with Gasteiger partial charge in [-0.05, 0) is 6.92 Å². The average Bonchev–Trinajstić information content (AvgIpc) is 2.65. The van der Waals surface area contributed by atoms with Crippen molar-refractivity contribution in [2.24, 2.45) is 7.05 Å². The molecule has 96 valence electrons. The van der Waals surface area contributed by atoms with Crippen molar-refractivity contribution in [3.63, 3.8) is 0 Å². The first kappa shape index (κ1) is 13.7. The maximum absolute atomic E-state index is 11.7. The van der Waals surface area contributed by atoms with E-state index in [0.717, 1.165) is 11.3 Å². The van der Waals surface area contributed by atoms with E-state index in [-0.39, 0.29) is 5.97 Å². The summed E-state index contributed by atoms with van der Waals surface area (Å²) in [5.74, 6) is -0.322. The van der Waals surface area contributed by atoms with Gasteiger partial charge in [-0.1, -0.05) is 0 Å². The standard InChI is InChI=1S/C11H19N3O3/c1-8-9(7-13-14(8)2)10(11(15)17-4)12-5-6-16-3/h7,10,12H,5-6H2,1-4H3. The monoisotopic (exact) mass is 241 g/mol. The van der Waals surface area contributed by atoms with E-state index >= 15 is 0 Å². The molecule has 6 heteroatoms. The second kappa shape index (κ2) is 6.36. The third-order valence-electron chi connectivity index (χ3n) is 2.68. The van der Waals surface area contributed by atoms with Gasteiger partial charge in [0.25, 0.3) is 0 Å². The second-order valence-corrected chi connectivity index (χ2v) is 3.71. The number of nitrogens with one attached hydrogen (secondary N) is 1. The van der Waals surface area contributed by atoms with Gasteiger partial charge in [0.2, 0.25) is 0 Å². The highest BCUT2D eigenvalue weighted by molar-refractivity contribution is 5.77. The van der Waals surface area contributed by atoms with Crippen molar-refractivity contribution in [1.82, 2.24) is 15.1 Å². The summed E-state index contributed by atoms with van der Waals surface area (Å²) >= 11 is 0. The molecule has 1 aromatic rings. The zero-order valence-corrected chi connectivity index (χ0v) is 10.7. The third kappa shape index (κ3) is 3.28. The molecule has 6 nitrogen and oxygen atoms in total. The van der Waals surface area contributed by atoms with E-state index in [1.54, 1.807) is 18.0 Å². The number of hydrogen-bond donors (Lipinski definition) is 1. The smallest absolute Gasteiger partial charge is 0.327 e. The van der Waals surface area contributed by atoms with Crippen LogP contribution < -0.4 is 5.32 Å². The first-order valence-corrected chi connectivity index (χ1v) is 5.40. The minimum Gasteiger partial charge on any atom is -0.468 e. The van der Waals surface area contributed by atoms with Gasteiger partial charge >= 0.3 is 5.97 Å². The van der Waals surface area contributed by atoms with Gasteiger partial charge in [0.15, 0.2) is 0 Å². The Morgan fingerprint density at radius 3 is 2.76 bits per heavy atom. The summed E-state index contributed by atoms with van der Waals surface area (Å²) in [6.07, 6.45) is 1.68. The predicted molar refractivity (Wildman–Crippen MR) is 62.6 cm³/mol. The van der Waals surface area contributed by atoms with E-state index < -0.39 is 6.04 Å². The Labute approximate surface area is 101 Å². The summed E-state index contributed by atoms with van der Waals surface area (Å²) in [5, 5.41) is 7.21. The van der Waals surface area contributed by atoms with E-state index in [4.69, 9.17) is 9.47 Å². The van der Waals surface area contributed by atoms with Crippen LogP contribution in [0.3, 0.4) is 0 Å². The highest BCUT2D eigenvalue weighted by atomic mass is 16.5. The van der Waals surface area contributed by atoms with Gasteiger partial charge in [0, 0.05) is 32.0 Å². The fourth-order valence-electron chi connectivity index (χ4n) is 1.54. The summed E-state index contributed by atoms with van der Waals surface area (Å²) in [6.45, 7) is 3.02. The van der Waals surface area contributed by atoms with Crippen LogP contribution in [0.1, 0.15) is 17.3 Å². The van der Waals surface area contributed by atoms with E-state index in [0.29, 0.717) is 13.2 Å². The molecular weight excluding hydrogens is 222 g/mol. The van der Waals surface area contributed by atoms with Gasteiger partial charge in [0.1, 0.15) is 6.04 Å². The quantitative estimate of drug-likeness (QED) is 0.568. The van der Waals surface area contributed by atoms with Gasteiger partial charge in [-0.2, -0.15) is 5.10 Å². The Bertz CT molecular complexity index is 376. The Kier molecular flexibility index (Phi) is 5.11. The summed E-state index contributed by atoms with van der Waals surface area (Å²) in [4.78, 5) is 11.7. The molecule has 0 fully saturated rings. The molecule has 0 amide bonds. The molecule has 0 saturated carbocycles. The maximum Gasteiger partial charge on any atom is 0.327 e. The van der Waals surface area contributed by atoms with Crippen LogP contribution in [0.5, 0.6) is 0 Å². The number of aromatic nitrogens is 2. The molecule has 0 aliphatic rings. The first-order chi connectivity index (χ1) is 8.11. The molecule has 0 aromatic carbocycles. The second-order valence-electron chi connectivity index (χ2n) is 3.71. The normalized spacial score (nSPS) is 12.5. The number of carbonyl (C=O) groups is 1. The van der Waals surface area contributed by atoms with Gasteiger partial charge in [-0.3, -0.25) is 10.00 Å². The van der Waals surface area contributed by atoms with Crippen molar-refractivity contribution in [2.75, 3.05) is 27.4 Å². The average molecular weight is 241 g/mol. The molecule has 0 radical (unpaired) electrons. The number of aryl methyl sites for hydroxylation is 1.